The first-order valence-corrected chi connectivity index (χ1v) is 4.40. The Morgan fingerprint density at radius 2 is 2.75 bits per heavy atom. The number of rotatable bonds is 2. The maximum atomic E-state index is 9.13. The molecule has 0 amide bonds. The second-order valence-electron chi connectivity index (χ2n) is 2.67. The summed E-state index contributed by atoms with van der Waals surface area (Å²) in [5, 5.41) is 10.8. The van der Waals surface area contributed by atoms with Crippen molar-refractivity contribution in [3.05, 3.63) is 11.9 Å². The van der Waals surface area contributed by atoms with Gasteiger partial charge in [-0.15, -0.1) is 0 Å². The van der Waals surface area contributed by atoms with E-state index in [1.165, 1.54) is 11.7 Å². The van der Waals surface area contributed by atoms with Gasteiger partial charge in [-0.3, -0.25) is 4.84 Å². The van der Waals surface area contributed by atoms with Crippen molar-refractivity contribution < 1.29 is 9.94 Å². The van der Waals surface area contributed by atoms with E-state index in [4.69, 9.17) is 9.94 Å². The smallest absolute Gasteiger partial charge is 0.0958 e. The molecule has 0 saturated carbocycles. The monoisotopic (exact) mass is 187 g/mol. The molecule has 1 aromatic rings. The summed E-state index contributed by atoms with van der Waals surface area (Å²) in [6.07, 6.45) is 1.34. The summed E-state index contributed by atoms with van der Waals surface area (Å²) < 4.78 is 7.90. The molecular weight excluding hydrogens is 178 g/mol. The Hall–Kier alpha value is -0.560. The number of β-amino-alcohol motifs (C(OH)–C–C–N with tert-alkyl or cyclic N) is 1. The van der Waals surface area contributed by atoms with Crippen molar-refractivity contribution in [2.75, 3.05) is 13.2 Å². The van der Waals surface area contributed by atoms with Gasteiger partial charge in [-0.2, -0.15) is 13.8 Å². The van der Waals surface area contributed by atoms with E-state index in [0.29, 0.717) is 19.7 Å². The molecule has 0 aliphatic carbocycles. The predicted octanol–water partition coefficient (Wildman–Crippen LogP) is -0.354. The summed E-state index contributed by atoms with van der Waals surface area (Å²) in [7, 11) is 0. The highest BCUT2D eigenvalue weighted by atomic mass is 32.1. The van der Waals surface area contributed by atoms with Gasteiger partial charge in [0, 0.05) is 0 Å². The molecule has 5 nitrogen and oxygen atoms in total. The van der Waals surface area contributed by atoms with Crippen LogP contribution in [-0.2, 0) is 11.4 Å². The summed E-state index contributed by atoms with van der Waals surface area (Å²) in [6.45, 7) is 1.54. The van der Waals surface area contributed by atoms with E-state index >= 15 is 0 Å². The average molecular weight is 187 g/mol. The molecule has 1 aromatic heterocycles. The first-order valence-electron chi connectivity index (χ1n) is 3.67. The number of aromatic nitrogens is 2. The lowest BCUT2D eigenvalue weighted by Crippen LogP contribution is -2.20. The highest BCUT2D eigenvalue weighted by molar-refractivity contribution is 6.99. The molecule has 1 N–H and O–H groups in total. The Labute approximate surface area is 73.9 Å². The summed E-state index contributed by atoms with van der Waals surface area (Å²) in [6, 6.07) is 0. The Kier molecular flexibility index (Phi) is 2.31. The normalized spacial score (nSPS) is 24.9. The highest BCUT2D eigenvalue weighted by Gasteiger charge is 2.21. The Morgan fingerprint density at radius 1 is 1.83 bits per heavy atom. The molecule has 2 heterocycles. The summed E-state index contributed by atoms with van der Waals surface area (Å²) >= 11 is 1.18. The lowest BCUT2D eigenvalue weighted by molar-refractivity contribution is -0.118. The molecule has 6 heteroatoms. The van der Waals surface area contributed by atoms with Crippen LogP contribution in [0.25, 0.3) is 0 Å². The predicted molar refractivity (Wildman–Crippen MR) is 42.3 cm³/mol. The van der Waals surface area contributed by atoms with Gasteiger partial charge < -0.3 is 5.11 Å². The van der Waals surface area contributed by atoms with E-state index in [2.05, 4.69) is 8.75 Å². The molecule has 1 aliphatic rings. The van der Waals surface area contributed by atoms with Crippen molar-refractivity contribution in [3.8, 4) is 0 Å². The summed E-state index contributed by atoms with van der Waals surface area (Å²) in [4.78, 5) is 5.16. The van der Waals surface area contributed by atoms with Gasteiger partial charge in [0.25, 0.3) is 0 Å². The van der Waals surface area contributed by atoms with Crippen molar-refractivity contribution in [1.82, 2.24) is 13.8 Å². The van der Waals surface area contributed by atoms with Crippen molar-refractivity contribution in [1.29, 1.82) is 0 Å². The minimum Gasteiger partial charge on any atom is -0.389 e. The van der Waals surface area contributed by atoms with Crippen molar-refractivity contribution in [2.24, 2.45) is 0 Å². The molecule has 12 heavy (non-hydrogen) atoms. The number of nitrogens with zero attached hydrogens (tertiary/aromatic N) is 3. The molecule has 1 aliphatic heterocycles. The number of aliphatic hydroxyl groups excluding tert-OH is 1. The fraction of sp³-hybridized carbons (Fsp3) is 0.667. The van der Waals surface area contributed by atoms with E-state index in [1.54, 1.807) is 11.3 Å². The maximum absolute atomic E-state index is 9.13. The van der Waals surface area contributed by atoms with Crippen molar-refractivity contribution in [2.45, 2.75) is 12.6 Å². The lowest BCUT2D eigenvalue weighted by atomic mass is 10.4. The third kappa shape index (κ3) is 1.78. The average Bonchev–Trinajstić information content (AvgIpc) is 2.63. The van der Waals surface area contributed by atoms with Crippen LogP contribution in [-0.4, -0.2) is 38.2 Å². The number of hydroxylamine groups is 2. The van der Waals surface area contributed by atoms with Gasteiger partial charge in [-0.1, -0.05) is 0 Å². The molecule has 66 valence electrons. The van der Waals surface area contributed by atoms with Gasteiger partial charge in [0.05, 0.1) is 49.4 Å². The van der Waals surface area contributed by atoms with Crippen LogP contribution in [0.4, 0.5) is 0 Å². The quantitative estimate of drug-likeness (QED) is 0.685. The van der Waals surface area contributed by atoms with Gasteiger partial charge >= 0.3 is 0 Å². The van der Waals surface area contributed by atoms with Gasteiger partial charge in [-0.05, 0) is 0 Å². The molecule has 0 unspecified atom stereocenters. The Balaban J connectivity index is 1.88. The molecule has 1 fully saturated rings. The second-order valence-corrected chi connectivity index (χ2v) is 3.23. The summed E-state index contributed by atoms with van der Waals surface area (Å²) in [5.74, 6) is 0. The first kappa shape index (κ1) is 8.06. The number of aliphatic hydroxyl groups is 1. The topological polar surface area (TPSA) is 58.5 Å². The zero-order valence-corrected chi connectivity index (χ0v) is 7.20. The van der Waals surface area contributed by atoms with Gasteiger partial charge in [0.1, 0.15) is 0 Å². The van der Waals surface area contributed by atoms with Crippen LogP contribution in [0.15, 0.2) is 6.20 Å². The van der Waals surface area contributed by atoms with Crippen molar-refractivity contribution in [3.63, 3.8) is 0 Å². The van der Waals surface area contributed by atoms with Crippen LogP contribution in [0.3, 0.4) is 0 Å². The summed E-state index contributed by atoms with van der Waals surface area (Å²) in [5.41, 5.74) is 0.883. The zero-order valence-electron chi connectivity index (χ0n) is 6.38. The number of hydrogen-bond acceptors (Lipinski definition) is 6. The van der Waals surface area contributed by atoms with E-state index < -0.39 is 0 Å². The molecule has 0 bridgehead atoms. The molecule has 1 atom stereocenters. The van der Waals surface area contributed by atoms with E-state index in [1.807, 2.05) is 0 Å². The molecular formula is C6H9N3O2S. The first-order chi connectivity index (χ1) is 5.84. The third-order valence-electron chi connectivity index (χ3n) is 1.61. The fourth-order valence-corrected chi connectivity index (χ4v) is 1.50. The van der Waals surface area contributed by atoms with Gasteiger partial charge in [0.15, 0.2) is 0 Å². The maximum Gasteiger partial charge on any atom is 0.0958 e. The van der Waals surface area contributed by atoms with Crippen LogP contribution in [0.1, 0.15) is 5.69 Å². The highest BCUT2D eigenvalue weighted by Crippen LogP contribution is 2.09. The Morgan fingerprint density at radius 3 is 3.33 bits per heavy atom. The number of hydrogen-bond donors (Lipinski definition) is 1. The van der Waals surface area contributed by atoms with Crippen LogP contribution >= 0.6 is 11.7 Å². The van der Waals surface area contributed by atoms with Crippen LogP contribution in [0.5, 0.6) is 0 Å². The molecule has 0 spiro atoms. The van der Waals surface area contributed by atoms with Crippen LogP contribution in [0, 0.1) is 0 Å². The minimum absolute atomic E-state index is 0.364. The third-order valence-corrected chi connectivity index (χ3v) is 2.13. The lowest BCUT2D eigenvalue weighted by Gasteiger charge is -2.10. The van der Waals surface area contributed by atoms with E-state index in [9.17, 15) is 0 Å². The molecule has 0 aromatic carbocycles. The van der Waals surface area contributed by atoms with Gasteiger partial charge in [-0.25, -0.2) is 0 Å². The van der Waals surface area contributed by atoms with E-state index in [-0.39, 0.29) is 6.10 Å². The fourth-order valence-electron chi connectivity index (χ4n) is 1.08. The van der Waals surface area contributed by atoms with Crippen molar-refractivity contribution >= 4 is 11.7 Å². The second kappa shape index (κ2) is 3.44. The standard InChI is InChI=1S/C6H9N3O2S/c10-6-3-9(11-4-6)2-5-1-7-12-8-5/h1,6,10H,2-4H2/t6-/m1/s1. The Bertz CT molecular complexity index is 241. The molecule has 2 rings (SSSR count). The van der Waals surface area contributed by atoms with Gasteiger partial charge in [0.2, 0.25) is 0 Å². The molecule has 1 saturated heterocycles. The minimum atomic E-state index is -0.364. The molecule has 0 radical (unpaired) electrons. The zero-order chi connectivity index (χ0) is 8.39. The van der Waals surface area contributed by atoms with Crippen LogP contribution < -0.4 is 0 Å². The van der Waals surface area contributed by atoms with Crippen LogP contribution in [0.2, 0.25) is 0 Å². The van der Waals surface area contributed by atoms with E-state index in [0.717, 1.165) is 5.69 Å². The SMILES string of the molecule is O[C@H]1CON(Cc2cnsn2)C1. The largest absolute Gasteiger partial charge is 0.389 e.